The Morgan fingerprint density at radius 3 is 2.62 bits per heavy atom. The molecule has 108 valence electrons. The predicted molar refractivity (Wildman–Crippen MR) is 74.9 cm³/mol. The number of phenols is 3. The third kappa shape index (κ3) is 2.50. The molecule has 2 aromatic rings. The Labute approximate surface area is 121 Å². The summed E-state index contributed by atoms with van der Waals surface area (Å²) in [6.07, 6.45) is 0.410. The second kappa shape index (κ2) is 5.01. The van der Waals surface area contributed by atoms with Crippen molar-refractivity contribution >= 4 is 5.78 Å². The maximum absolute atomic E-state index is 12.4. The van der Waals surface area contributed by atoms with E-state index in [2.05, 4.69) is 0 Å². The monoisotopic (exact) mass is 286 g/mol. The number of phenolic OH excluding ortho intramolecular Hbond substituents is 3. The SMILES string of the molecule is O=C1c2ccc(O)cc2OC[C@@H]1Cc1ccc(O)c(O)c1. The number of benzene rings is 2. The largest absolute Gasteiger partial charge is 0.508 e. The van der Waals surface area contributed by atoms with E-state index in [4.69, 9.17) is 4.74 Å². The maximum Gasteiger partial charge on any atom is 0.173 e. The van der Waals surface area contributed by atoms with Gasteiger partial charge in [-0.1, -0.05) is 6.07 Å². The van der Waals surface area contributed by atoms with Crippen molar-refractivity contribution < 1.29 is 24.9 Å². The highest BCUT2D eigenvalue weighted by Gasteiger charge is 2.29. The number of hydrogen-bond donors (Lipinski definition) is 3. The van der Waals surface area contributed by atoms with Gasteiger partial charge in [-0.25, -0.2) is 0 Å². The molecular weight excluding hydrogens is 272 g/mol. The molecule has 0 bridgehead atoms. The summed E-state index contributed by atoms with van der Waals surface area (Å²) < 4.78 is 5.52. The van der Waals surface area contributed by atoms with Gasteiger partial charge in [-0.2, -0.15) is 0 Å². The topological polar surface area (TPSA) is 87.0 Å². The van der Waals surface area contributed by atoms with Crippen LogP contribution in [0.15, 0.2) is 36.4 Å². The summed E-state index contributed by atoms with van der Waals surface area (Å²) in [6.45, 7) is 0.219. The molecule has 5 heteroatoms. The molecule has 0 saturated carbocycles. The van der Waals surface area contributed by atoms with Gasteiger partial charge >= 0.3 is 0 Å². The number of rotatable bonds is 2. The van der Waals surface area contributed by atoms with Gasteiger partial charge in [0.2, 0.25) is 0 Å². The molecule has 0 spiro atoms. The molecule has 3 rings (SSSR count). The van der Waals surface area contributed by atoms with Crippen molar-refractivity contribution in [1.82, 2.24) is 0 Å². The number of Topliss-reactive ketones (excluding diaryl/α,β-unsaturated/α-hetero) is 1. The van der Waals surface area contributed by atoms with Crippen LogP contribution in [0.3, 0.4) is 0 Å². The summed E-state index contributed by atoms with van der Waals surface area (Å²) in [4.78, 5) is 12.4. The minimum atomic E-state index is -0.356. The van der Waals surface area contributed by atoms with Gasteiger partial charge < -0.3 is 20.1 Å². The highest BCUT2D eigenvalue weighted by molar-refractivity contribution is 6.01. The van der Waals surface area contributed by atoms with E-state index in [1.54, 1.807) is 12.1 Å². The molecule has 3 N–H and O–H groups in total. The first kappa shape index (κ1) is 13.3. The van der Waals surface area contributed by atoms with Gasteiger partial charge in [0.1, 0.15) is 11.5 Å². The van der Waals surface area contributed by atoms with Crippen molar-refractivity contribution in [3.63, 3.8) is 0 Å². The van der Waals surface area contributed by atoms with Crippen molar-refractivity contribution in [3.8, 4) is 23.0 Å². The van der Waals surface area contributed by atoms with Crippen molar-refractivity contribution in [1.29, 1.82) is 0 Å². The van der Waals surface area contributed by atoms with Crippen LogP contribution in [-0.2, 0) is 6.42 Å². The second-order valence-electron chi connectivity index (χ2n) is 5.08. The minimum Gasteiger partial charge on any atom is -0.508 e. The molecule has 1 heterocycles. The molecule has 0 aliphatic carbocycles. The van der Waals surface area contributed by atoms with E-state index in [9.17, 15) is 20.1 Å². The fraction of sp³-hybridized carbons (Fsp3) is 0.188. The Hall–Kier alpha value is -2.69. The molecule has 0 fully saturated rings. The Morgan fingerprint density at radius 2 is 1.86 bits per heavy atom. The summed E-state index contributed by atoms with van der Waals surface area (Å²) >= 11 is 0. The Balaban J connectivity index is 1.83. The zero-order valence-electron chi connectivity index (χ0n) is 11.1. The average Bonchev–Trinajstić information content (AvgIpc) is 2.46. The zero-order valence-corrected chi connectivity index (χ0v) is 11.1. The van der Waals surface area contributed by atoms with Gasteiger partial charge in [-0.3, -0.25) is 4.79 Å². The molecule has 0 aromatic heterocycles. The number of aromatic hydroxyl groups is 3. The summed E-state index contributed by atoms with van der Waals surface area (Å²) in [5.74, 6) is -0.351. The second-order valence-corrected chi connectivity index (χ2v) is 5.08. The van der Waals surface area contributed by atoms with Crippen LogP contribution in [-0.4, -0.2) is 27.7 Å². The first-order chi connectivity index (χ1) is 10.0. The fourth-order valence-corrected chi connectivity index (χ4v) is 2.45. The Morgan fingerprint density at radius 1 is 1.05 bits per heavy atom. The normalized spacial score (nSPS) is 17.1. The Bertz CT molecular complexity index is 708. The Kier molecular flexibility index (Phi) is 3.17. The van der Waals surface area contributed by atoms with Crippen LogP contribution >= 0.6 is 0 Å². The van der Waals surface area contributed by atoms with Gasteiger partial charge in [-0.05, 0) is 36.2 Å². The number of fused-ring (bicyclic) bond motifs is 1. The van der Waals surface area contributed by atoms with Crippen LogP contribution in [0.5, 0.6) is 23.0 Å². The van der Waals surface area contributed by atoms with Gasteiger partial charge in [-0.15, -0.1) is 0 Å². The van der Waals surface area contributed by atoms with E-state index in [0.29, 0.717) is 17.7 Å². The third-order valence-corrected chi connectivity index (χ3v) is 3.56. The molecule has 5 nitrogen and oxygen atoms in total. The summed E-state index contributed by atoms with van der Waals surface area (Å²) in [7, 11) is 0. The van der Waals surface area contributed by atoms with Gasteiger partial charge in [0.05, 0.1) is 18.1 Å². The van der Waals surface area contributed by atoms with Crippen LogP contribution in [0.2, 0.25) is 0 Å². The smallest absolute Gasteiger partial charge is 0.173 e. The lowest BCUT2D eigenvalue weighted by molar-refractivity contribution is 0.0830. The van der Waals surface area contributed by atoms with Gasteiger partial charge in [0.25, 0.3) is 0 Å². The van der Waals surface area contributed by atoms with Crippen LogP contribution in [0.4, 0.5) is 0 Å². The molecule has 0 unspecified atom stereocenters. The molecule has 0 amide bonds. The molecule has 1 aliphatic rings. The predicted octanol–water partition coefficient (Wildman–Crippen LogP) is 2.24. The molecular formula is C16H14O5. The first-order valence-corrected chi connectivity index (χ1v) is 6.55. The van der Waals surface area contributed by atoms with Crippen molar-refractivity contribution in [2.45, 2.75) is 6.42 Å². The van der Waals surface area contributed by atoms with E-state index in [1.807, 2.05) is 0 Å². The third-order valence-electron chi connectivity index (χ3n) is 3.56. The highest BCUT2D eigenvalue weighted by atomic mass is 16.5. The van der Waals surface area contributed by atoms with E-state index in [1.165, 1.54) is 24.3 Å². The number of ether oxygens (including phenoxy) is 1. The van der Waals surface area contributed by atoms with Crippen molar-refractivity contribution in [3.05, 3.63) is 47.5 Å². The summed E-state index contributed by atoms with van der Waals surface area (Å²) in [5, 5.41) is 28.2. The molecule has 0 saturated heterocycles. The van der Waals surface area contributed by atoms with Gasteiger partial charge in [0.15, 0.2) is 17.3 Å². The number of ketones is 1. The van der Waals surface area contributed by atoms with E-state index in [0.717, 1.165) is 5.56 Å². The maximum atomic E-state index is 12.4. The summed E-state index contributed by atoms with van der Waals surface area (Å²) in [6, 6.07) is 8.92. The molecule has 2 aromatic carbocycles. The van der Waals surface area contributed by atoms with Gasteiger partial charge in [0, 0.05) is 6.07 Å². The standard InChI is InChI=1S/C16H14O5/c17-11-2-3-12-15(7-11)21-8-10(16(12)20)5-9-1-4-13(18)14(19)6-9/h1-4,6-7,10,17-19H,5,8H2/t10-/m0/s1. The number of carbonyl (C=O) groups excluding carboxylic acids is 1. The lowest BCUT2D eigenvalue weighted by atomic mass is 9.89. The van der Waals surface area contributed by atoms with E-state index in [-0.39, 0.29) is 35.6 Å². The van der Waals surface area contributed by atoms with Crippen LogP contribution in [0.25, 0.3) is 0 Å². The van der Waals surface area contributed by atoms with E-state index >= 15 is 0 Å². The zero-order chi connectivity index (χ0) is 15.0. The molecule has 1 atom stereocenters. The number of carbonyl (C=O) groups is 1. The van der Waals surface area contributed by atoms with Crippen molar-refractivity contribution in [2.24, 2.45) is 5.92 Å². The highest BCUT2D eigenvalue weighted by Crippen LogP contribution is 2.33. The lowest BCUT2D eigenvalue weighted by Gasteiger charge is -2.24. The average molecular weight is 286 g/mol. The van der Waals surface area contributed by atoms with Crippen molar-refractivity contribution in [2.75, 3.05) is 6.61 Å². The summed E-state index contributed by atoms with van der Waals surface area (Å²) in [5.41, 5.74) is 1.20. The minimum absolute atomic E-state index is 0.0520. The molecule has 21 heavy (non-hydrogen) atoms. The fourth-order valence-electron chi connectivity index (χ4n) is 2.45. The molecule has 0 radical (unpaired) electrons. The first-order valence-electron chi connectivity index (χ1n) is 6.55. The van der Waals surface area contributed by atoms with E-state index < -0.39 is 0 Å². The van der Waals surface area contributed by atoms with Crippen LogP contribution in [0.1, 0.15) is 15.9 Å². The quantitative estimate of drug-likeness (QED) is 0.737. The molecule has 1 aliphatic heterocycles. The number of hydrogen-bond acceptors (Lipinski definition) is 5. The van der Waals surface area contributed by atoms with Crippen LogP contribution in [0, 0.1) is 5.92 Å². The lowest BCUT2D eigenvalue weighted by Crippen LogP contribution is -2.29. The van der Waals surface area contributed by atoms with Crippen LogP contribution < -0.4 is 4.74 Å².